The number of benzene rings is 2. The Bertz CT molecular complexity index is 1070. The molecule has 138 valence electrons. The second kappa shape index (κ2) is 7.20. The van der Waals surface area contributed by atoms with Gasteiger partial charge in [0.1, 0.15) is 11.3 Å². The van der Waals surface area contributed by atoms with Crippen molar-refractivity contribution < 1.29 is 28.7 Å². The number of phenols is 1. The number of hydrogen-bond acceptors (Lipinski definition) is 7. The molecule has 0 atom stereocenters. The lowest BCUT2D eigenvalue weighted by atomic mass is 10.0. The summed E-state index contributed by atoms with van der Waals surface area (Å²) in [5, 5.41) is 21.8. The van der Waals surface area contributed by atoms with Gasteiger partial charge < -0.3 is 19.0 Å². The maximum atomic E-state index is 12.7. The minimum Gasteiger partial charge on any atom is -0.504 e. The summed E-state index contributed by atoms with van der Waals surface area (Å²) in [4.78, 5) is 23.1. The number of non-ortho nitro benzene ring substituents is 1. The maximum Gasteiger partial charge on any atom is 0.270 e. The number of phenolic OH excluding ortho intramolecular Hbond substituents is 1. The Balaban J connectivity index is 2.06. The van der Waals surface area contributed by atoms with Gasteiger partial charge in [0, 0.05) is 12.1 Å². The van der Waals surface area contributed by atoms with E-state index >= 15 is 0 Å². The van der Waals surface area contributed by atoms with Crippen molar-refractivity contribution in [3.05, 3.63) is 63.9 Å². The molecule has 3 aromatic rings. The van der Waals surface area contributed by atoms with Gasteiger partial charge in [-0.2, -0.15) is 0 Å². The first-order valence-corrected chi connectivity index (χ1v) is 7.79. The molecule has 1 aromatic heterocycles. The molecule has 1 N–H and O–H groups in total. The first-order chi connectivity index (χ1) is 13.0. The van der Waals surface area contributed by atoms with Crippen molar-refractivity contribution in [2.45, 2.75) is 0 Å². The molecule has 0 aliphatic carbocycles. The molecule has 1 heterocycles. The molecule has 2 aromatic carbocycles. The Morgan fingerprint density at radius 3 is 2.63 bits per heavy atom. The van der Waals surface area contributed by atoms with Gasteiger partial charge in [-0.3, -0.25) is 14.9 Å². The SMILES string of the molecule is COc1c(C(=O)C=Cc2cccc([N+](=O)[O-])c2)c(O)c(OC)c2occc12. The Kier molecular flexibility index (Phi) is 4.80. The number of rotatable bonds is 6. The van der Waals surface area contributed by atoms with Crippen LogP contribution in [0.3, 0.4) is 0 Å². The number of nitrogens with zero attached hydrogens (tertiary/aromatic N) is 1. The van der Waals surface area contributed by atoms with Gasteiger partial charge in [-0.15, -0.1) is 0 Å². The highest BCUT2D eigenvalue weighted by Gasteiger charge is 2.26. The molecular formula is C19H15NO7. The first kappa shape index (κ1) is 18.0. The van der Waals surface area contributed by atoms with Gasteiger partial charge >= 0.3 is 0 Å². The van der Waals surface area contributed by atoms with E-state index in [1.165, 1.54) is 50.8 Å². The summed E-state index contributed by atoms with van der Waals surface area (Å²) in [6, 6.07) is 7.41. The third kappa shape index (κ3) is 3.20. The number of aromatic hydroxyl groups is 1. The minimum absolute atomic E-state index is 0.0166. The van der Waals surface area contributed by atoms with Crippen LogP contribution in [-0.4, -0.2) is 30.0 Å². The molecule has 0 bridgehead atoms. The van der Waals surface area contributed by atoms with Crippen LogP contribution in [0.5, 0.6) is 17.2 Å². The lowest BCUT2D eigenvalue weighted by Crippen LogP contribution is -2.02. The van der Waals surface area contributed by atoms with Gasteiger partial charge in [-0.25, -0.2) is 0 Å². The Labute approximate surface area is 153 Å². The van der Waals surface area contributed by atoms with Crippen LogP contribution in [0.2, 0.25) is 0 Å². The van der Waals surface area contributed by atoms with Crippen LogP contribution in [-0.2, 0) is 0 Å². The molecule has 8 heteroatoms. The fourth-order valence-electron chi connectivity index (χ4n) is 2.75. The van der Waals surface area contributed by atoms with Crippen LogP contribution in [0, 0.1) is 10.1 Å². The van der Waals surface area contributed by atoms with Gasteiger partial charge in [0.15, 0.2) is 17.1 Å². The molecule has 8 nitrogen and oxygen atoms in total. The van der Waals surface area contributed by atoms with Crippen LogP contribution in [0.1, 0.15) is 15.9 Å². The predicted molar refractivity (Wildman–Crippen MR) is 97.4 cm³/mol. The molecule has 0 amide bonds. The molecule has 0 aliphatic rings. The first-order valence-electron chi connectivity index (χ1n) is 7.79. The van der Waals surface area contributed by atoms with Gasteiger partial charge in [-0.1, -0.05) is 18.2 Å². The number of nitro benzene ring substituents is 1. The van der Waals surface area contributed by atoms with Gasteiger partial charge in [0.05, 0.1) is 30.8 Å². The molecule has 3 rings (SSSR count). The molecule has 0 spiro atoms. The maximum absolute atomic E-state index is 12.7. The van der Waals surface area contributed by atoms with E-state index in [1.807, 2.05) is 0 Å². The van der Waals surface area contributed by atoms with E-state index in [0.717, 1.165) is 0 Å². The molecule has 0 unspecified atom stereocenters. The largest absolute Gasteiger partial charge is 0.504 e. The zero-order valence-electron chi connectivity index (χ0n) is 14.5. The fraction of sp³-hybridized carbons (Fsp3) is 0.105. The zero-order chi connectivity index (χ0) is 19.6. The minimum atomic E-state index is -0.558. The number of methoxy groups -OCH3 is 2. The average Bonchev–Trinajstić information content (AvgIpc) is 3.14. The summed E-state index contributed by atoms with van der Waals surface area (Å²) in [5.74, 6) is -0.809. The zero-order valence-corrected chi connectivity index (χ0v) is 14.5. The van der Waals surface area contributed by atoms with E-state index in [-0.39, 0.29) is 28.3 Å². The topological polar surface area (TPSA) is 112 Å². The monoisotopic (exact) mass is 369 g/mol. The second-order valence-corrected chi connectivity index (χ2v) is 5.50. The van der Waals surface area contributed by atoms with Crippen molar-refractivity contribution >= 4 is 28.5 Å². The average molecular weight is 369 g/mol. The highest BCUT2D eigenvalue weighted by atomic mass is 16.6. The molecule has 0 fully saturated rings. The third-order valence-electron chi connectivity index (χ3n) is 3.96. The van der Waals surface area contributed by atoms with E-state index in [2.05, 4.69) is 0 Å². The van der Waals surface area contributed by atoms with Crippen molar-refractivity contribution in [1.82, 2.24) is 0 Å². The second-order valence-electron chi connectivity index (χ2n) is 5.50. The summed E-state index contributed by atoms with van der Waals surface area (Å²) >= 11 is 0. The summed E-state index contributed by atoms with van der Waals surface area (Å²) in [6.07, 6.45) is 4.00. The standard InChI is InChI=1S/C19H15NO7/c1-25-17-13-8-9-27-18(13)19(26-2)16(22)15(17)14(21)7-6-11-4-3-5-12(10-11)20(23)24/h3-10,22H,1-2H3. The molecule has 0 aliphatic heterocycles. The third-order valence-corrected chi connectivity index (χ3v) is 3.96. The van der Waals surface area contributed by atoms with Crippen LogP contribution in [0.15, 0.2) is 47.1 Å². The molecule has 27 heavy (non-hydrogen) atoms. The van der Waals surface area contributed by atoms with E-state index in [0.29, 0.717) is 10.9 Å². The summed E-state index contributed by atoms with van der Waals surface area (Å²) < 4.78 is 15.8. The van der Waals surface area contributed by atoms with Crippen molar-refractivity contribution in [3.8, 4) is 17.2 Å². The van der Waals surface area contributed by atoms with E-state index < -0.39 is 16.5 Å². The molecular weight excluding hydrogens is 354 g/mol. The number of carbonyl (C=O) groups excluding carboxylic acids is 1. The van der Waals surface area contributed by atoms with Crippen molar-refractivity contribution in [1.29, 1.82) is 0 Å². The number of hydrogen-bond donors (Lipinski definition) is 1. The summed E-state index contributed by atoms with van der Waals surface area (Å²) in [6.45, 7) is 0. The van der Waals surface area contributed by atoms with E-state index in [9.17, 15) is 20.0 Å². The number of nitro groups is 1. The normalized spacial score (nSPS) is 11.0. The quantitative estimate of drug-likeness (QED) is 0.303. The number of ketones is 1. The molecule has 0 saturated heterocycles. The number of ether oxygens (including phenoxy) is 2. The summed E-state index contributed by atoms with van der Waals surface area (Å²) in [7, 11) is 2.71. The van der Waals surface area contributed by atoms with Crippen molar-refractivity contribution in [2.75, 3.05) is 14.2 Å². The lowest BCUT2D eigenvalue weighted by molar-refractivity contribution is -0.384. The fourth-order valence-corrected chi connectivity index (χ4v) is 2.75. The predicted octanol–water partition coefficient (Wildman–Crippen LogP) is 3.96. The number of allylic oxidation sites excluding steroid dienone is 1. The Morgan fingerprint density at radius 2 is 1.96 bits per heavy atom. The Morgan fingerprint density at radius 1 is 1.22 bits per heavy atom. The summed E-state index contributed by atoms with van der Waals surface area (Å²) in [5.41, 5.74) is 0.537. The van der Waals surface area contributed by atoms with Crippen molar-refractivity contribution in [2.24, 2.45) is 0 Å². The van der Waals surface area contributed by atoms with Crippen molar-refractivity contribution in [3.63, 3.8) is 0 Å². The van der Waals surface area contributed by atoms with Crippen LogP contribution < -0.4 is 9.47 Å². The Hall–Kier alpha value is -3.81. The van der Waals surface area contributed by atoms with E-state index in [1.54, 1.807) is 12.1 Å². The smallest absolute Gasteiger partial charge is 0.270 e. The molecule has 0 saturated carbocycles. The van der Waals surface area contributed by atoms with Crippen LogP contribution in [0.4, 0.5) is 5.69 Å². The lowest BCUT2D eigenvalue weighted by Gasteiger charge is -2.12. The van der Waals surface area contributed by atoms with E-state index in [4.69, 9.17) is 13.9 Å². The number of fused-ring (bicyclic) bond motifs is 1. The van der Waals surface area contributed by atoms with Gasteiger partial charge in [0.25, 0.3) is 5.69 Å². The number of carbonyl (C=O) groups is 1. The number of furan rings is 1. The van der Waals surface area contributed by atoms with Gasteiger partial charge in [-0.05, 0) is 17.7 Å². The van der Waals surface area contributed by atoms with Gasteiger partial charge in [0.2, 0.25) is 5.75 Å². The highest BCUT2D eigenvalue weighted by Crippen LogP contribution is 2.45. The van der Waals surface area contributed by atoms with Crippen LogP contribution in [0.25, 0.3) is 17.0 Å². The van der Waals surface area contributed by atoms with Crippen LogP contribution >= 0.6 is 0 Å². The molecule has 0 radical (unpaired) electrons. The highest BCUT2D eigenvalue weighted by molar-refractivity contribution is 6.15.